The molecule has 4 rings (SSSR count). The van der Waals surface area contributed by atoms with Gasteiger partial charge in [0.25, 0.3) is 10.0 Å². The summed E-state index contributed by atoms with van der Waals surface area (Å²) in [4.78, 5) is 19.9. The van der Waals surface area contributed by atoms with E-state index >= 15 is 0 Å². The molecule has 0 unspecified atom stereocenters. The molecule has 3 aromatic carbocycles. The van der Waals surface area contributed by atoms with Crippen molar-refractivity contribution in [2.24, 2.45) is 0 Å². The summed E-state index contributed by atoms with van der Waals surface area (Å²) in [7, 11) is -3.71. The maximum atomic E-state index is 12.7. The first-order valence-electron chi connectivity index (χ1n) is 9.69. The van der Waals surface area contributed by atoms with Crippen molar-refractivity contribution in [1.29, 1.82) is 0 Å². The number of hydrogen-bond acceptors (Lipinski definition) is 4. The summed E-state index contributed by atoms with van der Waals surface area (Å²) in [5.74, 6) is -0.0126. The molecule has 4 aromatic rings. The van der Waals surface area contributed by atoms with Crippen LogP contribution in [0.15, 0.2) is 77.7 Å². The number of aromatic nitrogens is 2. The number of hydrogen-bond donors (Lipinski definition) is 2. The minimum absolute atomic E-state index is 0.205. The van der Waals surface area contributed by atoms with Gasteiger partial charge in [0.2, 0.25) is 5.78 Å². The number of ketones is 1. The van der Waals surface area contributed by atoms with Gasteiger partial charge >= 0.3 is 0 Å². The molecule has 0 aliphatic carbocycles. The van der Waals surface area contributed by atoms with Crippen molar-refractivity contribution < 1.29 is 13.2 Å². The van der Waals surface area contributed by atoms with Gasteiger partial charge in [-0.3, -0.25) is 9.52 Å². The molecule has 0 atom stereocenters. The Bertz CT molecular complexity index is 1390. The number of sulfonamides is 1. The largest absolute Gasteiger partial charge is 0.335 e. The van der Waals surface area contributed by atoms with Crippen LogP contribution in [-0.4, -0.2) is 24.2 Å². The van der Waals surface area contributed by atoms with Crippen LogP contribution in [0.3, 0.4) is 0 Å². The van der Waals surface area contributed by atoms with E-state index in [0.717, 1.165) is 22.2 Å². The monoisotopic (exact) mass is 431 g/mol. The fraction of sp³-hybridized carbons (Fsp3) is 0.0833. The molecule has 2 N–H and O–H groups in total. The number of H-pyrrole nitrogens is 1. The highest BCUT2D eigenvalue weighted by atomic mass is 32.2. The summed E-state index contributed by atoms with van der Waals surface area (Å²) in [5.41, 5.74) is 4.55. The molecule has 0 amide bonds. The number of aromatic amines is 1. The molecule has 0 saturated carbocycles. The van der Waals surface area contributed by atoms with Crippen LogP contribution in [0.1, 0.15) is 27.3 Å². The molecular weight excluding hydrogens is 410 g/mol. The highest BCUT2D eigenvalue weighted by Gasteiger charge is 2.15. The molecule has 0 aliphatic heterocycles. The number of allylic oxidation sites excluding steroid dienone is 1. The van der Waals surface area contributed by atoms with Crippen LogP contribution in [0.2, 0.25) is 0 Å². The van der Waals surface area contributed by atoms with Crippen LogP contribution in [-0.2, 0) is 10.0 Å². The van der Waals surface area contributed by atoms with E-state index in [4.69, 9.17) is 0 Å². The van der Waals surface area contributed by atoms with Gasteiger partial charge in [0, 0.05) is 5.69 Å². The minimum Gasteiger partial charge on any atom is -0.335 e. The third kappa shape index (κ3) is 4.57. The summed E-state index contributed by atoms with van der Waals surface area (Å²) in [6.45, 7) is 3.81. The van der Waals surface area contributed by atoms with Gasteiger partial charge in [0.15, 0.2) is 5.82 Å². The molecule has 0 bridgehead atoms. The van der Waals surface area contributed by atoms with E-state index in [9.17, 15) is 13.2 Å². The molecule has 7 heteroatoms. The molecule has 1 heterocycles. The molecule has 1 aromatic heterocycles. The maximum Gasteiger partial charge on any atom is 0.261 e. The van der Waals surface area contributed by atoms with Gasteiger partial charge in [-0.15, -0.1) is 0 Å². The molecule has 0 fully saturated rings. The second-order valence-corrected chi connectivity index (χ2v) is 8.96. The number of carbonyl (C=O) groups is 1. The van der Waals surface area contributed by atoms with Crippen molar-refractivity contribution in [1.82, 2.24) is 9.97 Å². The Kier molecular flexibility index (Phi) is 5.44. The number of nitrogens with one attached hydrogen (secondary N) is 2. The second-order valence-electron chi connectivity index (χ2n) is 7.28. The predicted octanol–water partition coefficient (Wildman–Crippen LogP) is 4.88. The SMILES string of the molecule is Cc1ccc(S(=O)(=O)Nc2cccc(/C=C/C(=O)c3nc4ccccc4[nH]3)c2)cc1C. The van der Waals surface area contributed by atoms with Crippen LogP contribution in [0.5, 0.6) is 0 Å². The van der Waals surface area contributed by atoms with Crippen LogP contribution < -0.4 is 4.72 Å². The van der Waals surface area contributed by atoms with Crippen molar-refractivity contribution >= 4 is 38.6 Å². The highest BCUT2D eigenvalue weighted by Crippen LogP contribution is 2.20. The van der Waals surface area contributed by atoms with Crippen LogP contribution in [0.4, 0.5) is 5.69 Å². The highest BCUT2D eigenvalue weighted by molar-refractivity contribution is 7.92. The molecule has 0 saturated heterocycles. The number of rotatable bonds is 6. The number of carbonyl (C=O) groups excluding carboxylic acids is 1. The fourth-order valence-corrected chi connectivity index (χ4v) is 4.26. The summed E-state index contributed by atoms with van der Waals surface area (Å²) >= 11 is 0. The first kappa shape index (κ1) is 20.6. The van der Waals surface area contributed by atoms with E-state index < -0.39 is 10.0 Å². The van der Waals surface area contributed by atoms with Crippen LogP contribution in [0.25, 0.3) is 17.1 Å². The zero-order chi connectivity index (χ0) is 22.0. The minimum atomic E-state index is -3.71. The van der Waals surface area contributed by atoms with Crippen molar-refractivity contribution in [3.63, 3.8) is 0 Å². The molecular formula is C24H21N3O3S. The third-order valence-electron chi connectivity index (χ3n) is 4.98. The Morgan fingerprint density at radius 2 is 1.77 bits per heavy atom. The zero-order valence-electron chi connectivity index (χ0n) is 17.1. The number of aryl methyl sites for hydroxylation is 2. The molecule has 0 spiro atoms. The number of para-hydroxylation sites is 2. The van der Waals surface area contributed by atoms with E-state index in [2.05, 4.69) is 14.7 Å². The lowest BCUT2D eigenvalue weighted by Crippen LogP contribution is -2.13. The van der Waals surface area contributed by atoms with Gasteiger partial charge in [-0.1, -0.05) is 36.4 Å². The quantitative estimate of drug-likeness (QED) is 0.336. The van der Waals surface area contributed by atoms with Gasteiger partial charge in [-0.2, -0.15) is 0 Å². The van der Waals surface area contributed by atoms with Crippen molar-refractivity contribution in [3.8, 4) is 0 Å². The molecule has 31 heavy (non-hydrogen) atoms. The average molecular weight is 432 g/mol. The topological polar surface area (TPSA) is 91.9 Å². The number of anilines is 1. The standard InChI is InChI=1S/C24H21N3O3S/c1-16-10-12-20(14-17(16)2)31(29,30)27-19-7-5-6-18(15-19)11-13-23(28)24-25-21-8-3-4-9-22(21)26-24/h3-15,27H,1-2H3,(H,25,26)/b13-11+. The van der Waals surface area contributed by atoms with Gasteiger partial charge in [0.05, 0.1) is 15.9 Å². The molecule has 156 valence electrons. The summed E-state index contributed by atoms with van der Waals surface area (Å²) in [6, 6.07) is 19.3. The Labute approximate surface area is 180 Å². The van der Waals surface area contributed by atoms with Gasteiger partial charge in [-0.25, -0.2) is 13.4 Å². The van der Waals surface area contributed by atoms with E-state index in [1.165, 1.54) is 6.08 Å². The van der Waals surface area contributed by atoms with Crippen molar-refractivity contribution in [3.05, 3.63) is 95.3 Å². The van der Waals surface area contributed by atoms with Crippen molar-refractivity contribution in [2.45, 2.75) is 18.7 Å². The fourth-order valence-electron chi connectivity index (χ4n) is 3.12. The Morgan fingerprint density at radius 1 is 0.968 bits per heavy atom. The lowest BCUT2D eigenvalue weighted by molar-refractivity contribution is 0.103. The third-order valence-corrected chi connectivity index (χ3v) is 6.36. The Hall–Kier alpha value is -3.71. The number of imidazole rings is 1. The first-order valence-corrected chi connectivity index (χ1v) is 11.2. The maximum absolute atomic E-state index is 12.7. The average Bonchev–Trinajstić information content (AvgIpc) is 3.18. The van der Waals surface area contributed by atoms with Crippen molar-refractivity contribution in [2.75, 3.05) is 4.72 Å². The molecule has 6 nitrogen and oxygen atoms in total. The summed E-state index contributed by atoms with van der Waals surface area (Å²) in [6.07, 6.45) is 3.04. The Balaban J connectivity index is 1.52. The lowest BCUT2D eigenvalue weighted by atomic mass is 10.1. The van der Waals surface area contributed by atoms with E-state index in [0.29, 0.717) is 11.3 Å². The van der Waals surface area contributed by atoms with Gasteiger partial charge < -0.3 is 4.98 Å². The first-order chi connectivity index (χ1) is 14.8. The summed E-state index contributed by atoms with van der Waals surface area (Å²) in [5, 5.41) is 0. The van der Waals surface area contributed by atoms with E-state index in [-0.39, 0.29) is 16.5 Å². The van der Waals surface area contributed by atoms with Crippen LogP contribution in [0, 0.1) is 13.8 Å². The Morgan fingerprint density at radius 3 is 2.55 bits per heavy atom. The van der Waals surface area contributed by atoms with E-state index in [1.807, 2.05) is 38.1 Å². The summed E-state index contributed by atoms with van der Waals surface area (Å²) < 4.78 is 28.0. The number of fused-ring (bicyclic) bond motifs is 1. The van der Waals surface area contributed by atoms with Gasteiger partial charge in [-0.05, 0) is 73.0 Å². The lowest BCUT2D eigenvalue weighted by Gasteiger charge is -2.10. The van der Waals surface area contributed by atoms with E-state index in [1.54, 1.807) is 48.5 Å². The number of benzene rings is 3. The molecule has 0 radical (unpaired) electrons. The van der Waals surface area contributed by atoms with Gasteiger partial charge in [0.1, 0.15) is 0 Å². The molecule has 0 aliphatic rings. The zero-order valence-corrected chi connectivity index (χ0v) is 17.9. The number of nitrogens with zero attached hydrogens (tertiary/aromatic N) is 1. The van der Waals surface area contributed by atoms with Crippen LogP contribution >= 0.6 is 0 Å². The smallest absolute Gasteiger partial charge is 0.261 e. The second kappa shape index (κ2) is 8.20. The normalized spacial score (nSPS) is 11.8. The predicted molar refractivity (Wildman–Crippen MR) is 123 cm³/mol.